The first-order chi connectivity index (χ1) is 13.4. The summed E-state index contributed by atoms with van der Waals surface area (Å²) in [6.07, 6.45) is 4.96. The van der Waals surface area contributed by atoms with Crippen LogP contribution in [0.15, 0.2) is 23.0 Å². The number of furan rings is 1. The van der Waals surface area contributed by atoms with E-state index in [4.69, 9.17) is 9.15 Å². The Morgan fingerprint density at radius 2 is 2.14 bits per heavy atom. The third-order valence-electron chi connectivity index (χ3n) is 6.30. The molecule has 3 fully saturated rings. The highest BCUT2D eigenvalue weighted by Gasteiger charge is 2.54. The fourth-order valence-corrected chi connectivity index (χ4v) is 4.78. The van der Waals surface area contributed by atoms with Gasteiger partial charge in [-0.3, -0.25) is 14.4 Å². The van der Waals surface area contributed by atoms with E-state index in [1.165, 1.54) is 23.5 Å². The van der Waals surface area contributed by atoms with Crippen LogP contribution in [0, 0.1) is 5.41 Å². The lowest BCUT2D eigenvalue weighted by atomic mass is 9.81. The van der Waals surface area contributed by atoms with Crippen molar-refractivity contribution in [2.24, 2.45) is 5.41 Å². The zero-order chi connectivity index (χ0) is 19.9. The number of ether oxygens (including phenoxy) is 1. The van der Waals surface area contributed by atoms with Gasteiger partial charge in [0.1, 0.15) is 37.2 Å². The summed E-state index contributed by atoms with van der Waals surface area (Å²) in [4.78, 5) is 39.3. The van der Waals surface area contributed by atoms with Crippen molar-refractivity contribution in [3.63, 3.8) is 0 Å². The number of carbonyl (C=O) groups excluding carboxylic acids is 3. The Labute approximate surface area is 162 Å². The molecule has 2 saturated heterocycles. The standard InChI is InChI=1S/C20H25FN2O5/c1-20(5-2-3-6-20)8-14(22-18(25)12-4-7-27-10-12)19(26)23-9-13(21)17-16(23)15(24)11-28-17/h4,7,10,13-14,16-17H,2-3,5-6,8-9,11H2,1H3,(H,22,25)/t13-,14-,16+,17+/m0/s1. The normalized spacial score (nSPS) is 29.7. The quantitative estimate of drug-likeness (QED) is 0.826. The number of halogens is 1. The molecule has 1 N–H and O–H groups in total. The van der Waals surface area contributed by atoms with E-state index in [0.717, 1.165) is 25.7 Å². The number of nitrogens with zero attached hydrogens (tertiary/aromatic N) is 1. The molecular formula is C20H25FN2O5. The second-order valence-corrected chi connectivity index (χ2v) is 8.45. The Kier molecular flexibility index (Phi) is 4.99. The van der Waals surface area contributed by atoms with Crippen LogP contribution in [0.4, 0.5) is 4.39 Å². The van der Waals surface area contributed by atoms with Crippen LogP contribution in [-0.4, -0.2) is 60.0 Å². The minimum absolute atomic E-state index is 0.0750. The van der Waals surface area contributed by atoms with Gasteiger partial charge in [0.2, 0.25) is 5.91 Å². The van der Waals surface area contributed by atoms with E-state index in [2.05, 4.69) is 12.2 Å². The van der Waals surface area contributed by atoms with Gasteiger partial charge in [0.25, 0.3) is 5.91 Å². The number of carbonyl (C=O) groups is 3. The molecule has 0 aromatic carbocycles. The summed E-state index contributed by atoms with van der Waals surface area (Å²) in [5, 5.41) is 2.79. The van der Waals surface area contributed by atoms with Gasteiger partial charge < -0.3 is 19.4 Å². The summed E-state index contributed by atoms with van der Waals surface area (Å²) in [6, 6.07) is -0.205. The molecule has 7 nitrogen and oxygen atoms in total. The highest BCUT2D eigenvalue weighted by molar-refractivity contribution is 5.99. The Bertz CT molecular complexity index is 759. The summed E-state index contributed by atoms with van der Waals surface area (Å²) in [5.74, 6) is -1.13. The molecule has 4 rings (SSSR count). The fourth-order valence-electron chi connectivity index (χ4n) is 4.78. The summed E-state index contributed by atoms with van der Waals surface area (Å²) in [5.41, 5.74) is 0.242. The first-order valence-corrected chi connectivity index (χ1v) is 9.80. The lowest BCUT2D eigenvalue weighted by Crippen LogP contribution is -2.53. The Balaban J connectivity index is 1.56. The van der Waals surface area contributed by atoms with Crippen LogP contribution in [0.2, 0.25) is 0 Å². The van der Waals surface area contributed by atoms with E-state index in [-0.39, 0.29) is 24.3 Å². The van der Waals surface area contributed by atoms with Crippen LogP contribution in [-0.2, 0) is 14.3 Å². The smallest absolute Gasteiger partial charge is 0.255 e. The Hall–Kier alpha value is -2.22. The van der Waals surface area contributed by atoms with E-state index < -0.39 is 36.2 Å². The molecule has 2 amide bonds. The van der Waals surface area contributed by atoms with Gasteiger partial charge in [-0.2, -0.15) is 0 Å². The van der Waals surface area contributed by atoms with Gasteiger partial charge in [-0.15, -0.1) is 0 Å². The number of rotatable bonds is 5. The van der Waals surface area contributed by atoms with Gasteiger partial charge >= 0.3 is 0 Å². The van der Waals surface area contributed by atoms with Crippen LogP contribution in [0.5, 0.6) is 0 Å². The van der Waals surface area contributed by atoms with Crippen molar-refractivity contribution in [1.82, 2.24) is 10.2 Å². The molecule has 0 spiro atoms. The van der Waals surface area contributed by atoms with Crippen molar-refractivity contribution in [3.05, 3.63) is 24.2 Å². The zero-order valence-electron chi connectivity index (χ0n) is 15.9. The van der Waals surface area contributed by atoms with Gasteiger partial charge in [0, 0.05) is 0 Å². The molecule has 1 aromatic rings. The molecule has 3 heterocycles. The topological polar surface area (TPSA) is 88.8 Å². The molecular weight excluding hydrogens is 367 g/mol. The first-order valence-electron chi connectivity index (χ1n) is 9.80. The SMILES string of the molecule is CC1(C[C@H](NC(=O)c2ccoc2)C(=O)N2C[C@H](F)[C@H]3OCC(=O)[C@H]32)CCCC1. The maximum atomic E-state index is 14.3. The van der Waals surface area contributed by atoms with Gasteiger partial charge in [-0.05, 0) is 30.7 Å². The number of Topliss-reactive ketones (excluding diaryl/α,β-unsaturated/α-hetero) is 1. The number of fused-ring (bicyclic) bond motifs is 1. The Morgan fingerprint density at radius 1 is 1.39 bits per heavy atom. The molecule has 0 bridgehead atoms. The predicted molar refractivity (Wildman–Crippen MR) is 96.3 cm³/mol. The minimum Gasteiger partial charge on any atom is -0.472 e. The number of likely N-dealkylation sites (tertiary alicyclic amines) is 1. The van der Waals surface area contributed by atoms with Crippen molar-refractivity contribution in [3.8, 4) is 0 Å². The number of hydrogen-bond acceptors (Lipinski definition) is 5. The number of ketones is 1. The second kappa shape index (κ2) is 7.31. The molecule has 1 saturated carbocycles. The van der Waals surface area contributed by atoms with Crippen molar-refractivity contribution in [1.29, 1.82) is 0 Å². The molecule has 3 aliphatic rings. The van der Waals surface area contributed by atoms with Gasteiger partial charge in [-0.25, -0.2) is 4.39 Å². The molecule has 1 aliphatic carbocycles. The van der Waals surface area contributed by atoms with Gasteiger partial charge in [-0.1, -0.05) is 19.8 Å². The van der Waals surface area contributed by atoms with E-state index in [0.29, 0.717) is 12.0 Å². The van der Waals surface area contributed by atoms with Crippen LogP contribution >= 0.6 is 0 Å². The molecule has 0 radical (unpaired) electrons. The number of hydrogen-bond donors (Lipinski definition) is 1. The molecule has 1 aromatic heterocycles. The molecule has 8 heteroatoms. The number of amides is 2. The minimum atomic E-state index is -1.40. The number of alkyl halides is 1. The highest BCUT2D eigenvalue weighted by Crippen LogP contribution is 2.42. The van der Waals surface area contributed by atoms with E-state index in [1.54, 1.807) is 0 Å². The summed E-state index contributed by atoms with van der Waals surface area (Å²) in [6.45, 7) is 1.75. The van der Waals surface area contributed by atoms with Crippen molar-refractivity contribution >= 4 is 17.6 Å². The van der Waals surface area contributed by atoms with Crippen molar-refractivity contribution in [2.75, 3.05) is 13.2 Å². The van der Waals surface area contributed by atoms with Crippen LogP contribution in [0.1, 0.15) is 49.4 Å². The third-order valence-corrected chi connectivity index (χ3v) is 6.30. The van der Waals surface area contributed by atoms with Crippen molar-refractivity contribution in [2.45, 2.75) is 63.4 Å². The van der Waals surface area contributed by atoms with Crippen LogP contribution in [0.25, 0.3) is 0 Å². The van der Waals surface area contributed by atoms with Gasteiger partial charge in [0.15, 0.2) is 5.78 Å². The summed E-state index contributed by atoms with van der Waals surface area (Å²) >= 11 is 0. The first kappa shape index (κ1) is 19.1. The van der Waals surface area contributed by atoms with Crippen LogP contribution < -0.4 is 5.32 Å². The molecule has 28 heavy (non-hydrogen) atoms. The molecule has 0 unspecified atom stereocenters. The number of nitrogens with one attached hydrogen (secondary N) is 1. The van der Waals surface area contributed by atoms with E-state index in [9.17, 15) is 18.8 Å². The highest BCUT2D eigenvalue weighted by atomic mass is 19.1. The maximum Gasteiger partial charge on any atom is 0.255 e. The molecule has 152 valence electrons. The Morgan fingerprint density at radius 3 is 2.82 bits per heavy atom. The molecule has 4 atom stereocenters. The monoisotopic (exact) mass is 392 g/mol. The summed E-state index contributed by atoms with van der Waals surface area (Å²) < 4.78 is 24.5. The predicted octanol–water partition coefficient (Wildman–Crippen LogP) is 1.87. The second-order valence-electron chi connectivity index (χ2n) is 8.45. The lowest BCUT2D eigenvalue weighted by Gasteiger charge is -2.32. The molecule has 2 aliphatic heterocycles. The fraction of sp³-hybridized carbons (Fsp3) is 0.650. The average molecular weight is 392 g/mol. The van der Waals surface area contributed by atoms with Gasteiger partial charge in [0.05, 0.1) is 18.4 Å². The van der Waals surface area contributed by atoms with E-state index in [1.807, 2.05) is 0 Å². The summed E-state index contributed by atoms with van der Waals surface area (Å²) in [7, 11) is 0. The lowest BCUT2D eigenvalue weighted by molar-refractivity contribution is -0.138. The average Bonchev–Trinajstić information content (AvgIpc) is 3.42. The largest absolute Gasteiger partial charge is 0.472 e. The van der Waals surface area contributed by atoms with E-state index >= 15 is 0 Å². The third kappa shape index (κ3) is 3.45. The zero-order valence-corrected chi connectivity index (χ0v) is 15.9. The van der Waals surface area contributed by atoms with Crippen LogP contribution in [0.3, 0.4) is 0 Å². The maximum absolute atomic E-state index is 14.3. The van der Waals surface area contributed by atoms with Crippen molar-refractivity contribution < 1.29 is 27.9 Å².